The van der Waals surface area contributed by atoms with Crippen LogP contribution < -0.4 is 4.74 Å². The Morgan fingerprint density at radius 3 is 2.51 bits per heavy atom. The number of hydrogen-bond acceptors (Lipinski definition) is 5. The number of sulfonamides is 1. The zero-order valence-electron chi connectivity index (χ0n) is 20.6. The van der Waals surface area contributed by atoms with E-state index in [1.807, 2.05) is 36.1 Å². The molecule has 2 aliphatic rings. The SMILES string of the molecule is COc1ccc(C)cc1S(=O)(=O)N1CCC[C@@H](C(=O)N2CCN(C/C=C/c3ccccc3)CC2)C1. The molecule has 0 saturated carbocycles. The summed E-state index contributed by atoms with van der Waals surface area (Å²) in [6, 6.07) is 15.4. The highest BCUT2D eigenvalue weighted by molar-refractivity contribution is 7.89. The fourth-order valence-electron chi connectivity index (χ4n) is 4.80. The van der Waals surface area contributed by atoms with Gasteiger partial charge in [-0.15, -0.1) is 0 Å². The minimum Gasteiger partial charge on any atom is -0.495 e. The number of aryl methyl sites for hydroxylation is 1. The molecule has 2 heterocycles. The Labute approximate surface area is 209 Å². The number of carbonyl (C=O) groups is 1. The second kappa shape index (κ2) is 11.4. The van der Waals surface area contributed by atoms with Crippen molar-refractivity contribution in [3.63, 3.8) is 0 Å². The van der Waals surface area contributed by atoms with Gasteiger partial charge in [-0.05, 0) is 43.0 Å². The van der Waals surface area contributed by atoms with Gasteiger partial charge in [-0.3, -0.25) is 9.69 Å². The Hall–Kier alpha value is -2.68. The van der Waals surface area contributed by atoms with Gasteiger partial charge in [-0.2, -0.15) is 4.31 Å². The smallest absolute Gasteiger partial charge is 0.246 e. The van der Waals surface area contributed by atoms with Crippen molar-refractivity contribution in [1.82, 2.24) is 14.1 Å². The Kier molecular flexibility index (Phi) is 8.26. The molecule has 0 bridgehead atoms. The van der Waals surface area contributed by atoms with Gasteiger partial charge in [0, 0.05) is 45.8 Å². The van der Waals surface area contributed by atoms with Crippen LogP contribution in [0.25, 0.3) is 6.08 Å². The maximum Gasteiger partial charge on any atom is 0.246 e. The first kappa shape index (κ1) is 25.4. The quantitative estimate of drug-likeness (QED) is 0.587. The average Bonchev–Trinajstić information content (AvgIpc) is 2.89. The molecule has 8 heteroatoms. The fraction of sp³-hybridized carbons (Fsp3) is 0.444. The summed E-state index contributed by atoms with van der Waals surface area (Å²) in [6.45, 7) is 6.34. The molecule has 2 aliphatic heterocycles. The molecule has 7 nitrogen and oxygen atoms in total. The Morgan fingerprint density at radius 1 is 1.06 bits per heavy atom. The van der Waals surface area contributed by atoms with E-state index in [0.29, 0.717) is 31.8 Å². The van der Waals surface area contributed by atoms with Gasteiger partial charge in [0.2, 0.25) is 15.9 Å². The van der Waals surface area contributed by atoms with Crippen molar-refractivity contribution >= 4 is 22.0 Å². The second-order valence-corrected chi connectivity index (χ2v) is 11.2. The van der Waals surface area contributed by atoms with Crippen LogP contribution in [-0.4, -0.2) is 81.4 Å². The van der Waals surface area contributed by atoms with Gasteiger partial charge in [0.1, 0.15) is 10.6 Å². The number of benzene rings is 2. The van der Waals surface area contributed by atoms with Crippen LogP contribution in [0, 0.1) is 12.8 Å². The van der Waals surface area contributed by atoms with Crippen LogP contribution in [0.5, 0.6) is 5.75 Å². The van der Waals surface area contributed by atoms with Crippen LogP contribution in [0.3, 0.4) is 0 Å². The molecule has 2 aromatic rings. The largest absolute Gasteiger partial charge is 0.495 e. The van der Waals surface area contributed by atoms with Gasteiger partial charge in [0.05, 0.1) is 13.0 Å². The van der Waals surface area contributed by atoms with Crippen molar-refractivity contribution in [3.8, 4) is 5.75 Å². The van der Waals surface area contributed by atoms with Crippen molar-refractivity contribution in [2.24, 2.45) is 5.92 Å². The molecular formula is C27H35N3O4S. The molecule has 188 valence electrons. The Balaban J connectivity index is 1.33. The number of ether oxygens (including phenoxy) is 1. The predicted molar refractivity (Wildman–Crippen MR) is 138 cm³/mol. The van der Waals surface area contributed by atoms with Gasteiger partial charge in [-0.25, -0.2) is 8.42 Å². The zero-order valence-corrected chi connectivity index (χ0v) is 21.4. The van der Waals surface area contributed by atoms with Crippen molar-refractivity contribution in [2.75, 3.05) is 52.9 Å². The third-order valence-corrected chi connectivity index (χ3v) is 8.71. The predicted octanol–water partition coefficient (Wildman–Crippen LogP) is 3.26. The topological polar surface area (TPSA) is 70.2 Å². The summed E-state index contributed by atoms with van der Waals surface area (Å²) in [7, 11) is -2.27. The van der Waals surface area contributed by atoms with Crippen LogP contribution in [0.15, 0.2) is 59.5 Å². The number of piperazine rings is 1. The first-order valence-electron chi connectivity index (χ1n) is 12.3. The van der Waals surface area contributed by atoms with Crippen LogP contribution in [0.1, 0.15) is 24.0 Å². The van der Waals surface area contributed by atoms with E-state index < -0.39 is 10.0 Å². The molecule has 2 fully saturated rings. The lowest BCUT2D eigenvalue weighted by Crippen LogP contribution is -2.53. The molecule has 0 aromatic heterocycles. The van der Waals surface area contributed by atoms with Crippen molar-refractivity contribution in [3.05, 3.63) is 65.7 Å². The van der Waals surface area contributed by atoms with E-state index in [2.05, 4.69) is 29.2 Å². The van der Waals surface area contributed by atoms with Gasteiger partial charge < -0.3 is 9.64 Å². The molecule has 0 radical (unpaired) electrons. The van der Waals surface area contributed by atoms with Crippen molar-refractivity contribution in [1.29, 1.82) is 0 Å². The molecule has 0 aliphatic carbocycles. The van der Waals surface area contributed by atoms with Gasteiger partial charge in [0.25, 0.3) is 0 Å². The van der Waals surface area contributed by atoms with E-state index in [1.165, 1.54) is 17.0 Å². The van der Waals surface area contributed by atoms with E-state index in [0.717, 1.165) is 31.6 Å². The van der Waals surface area contributed by atoms with Crippen molar-refractivity contribution < 1.29 is 17.9 Å². The molecule has 0 N–H and O–H groups in total. The Bertz CT molecular complexity index is 1140. The first-order chi connectivity index (χ1) is 16.9. The van der Waals surface area contributed by atoms with Gasteiger partial charge in [-0.1, -0.05) is 48.6 Å². The number of hydrogen-bond donors (Lipinski definition) is 0. The number of carbonyl (C=O) groups excluding carboxylic acids is 1. The fourth-order valence-corrected chi connectivity index (χ4v) is 6.56. The molecular weight excluding hydrogens is 462 g/mol. The number of rotatable bonds is 7. The minimum atomic E-state index is -3.74. The molecule has 1 atom stereocenters. The monoisotopic (exact) mass is 497 g/mol. The lowest BCUT2D eigenvalue weighted by Gasteiger charge is -2.38. The maximum absolute atomic E-state index is 13.4. The summed E-state index contributed by atoms with van der Waals surface area (Å²) in [5, 5.41) is 0. The molecule has 0 unspecified atom stereocenters. The van der Waals surface area contributed by atoms with E-state index >= 15 is 0 Å². The normalized spacial score (nSPS) is 20.3. The Morgan fingerprint density at radius 2 is 1.80 bits per heavy atom. The van der Waals surface area contributed by atoms with Crippen LogP contribution in [0.2, 0.25) is 0 Å². The standard InChI is InChI=1S/C27H35N3O4S/c1-22-12-13-25(34-2)26(20-22)35(32,33)30-15-7-11-24(21-30)27(31)29-18-16-28(17-19-29)14-6-10-23-8-4-3-5-9-23/h3-6,8-10,12-13,20,24H,7,11,14-19,21H2,1-2H3/b10-6+/t24-/m1/s1. The lowest BCUT2D eigenvalue weighted by molar-refractivity contribution is -0.138. The summed E-state index contributed by atoms with van der Waals surface area (Å²) >= 11 is 0. The number of amides is 1. The molecule has 4 rings (SSSR count). The van der Waals surface area contributed by atoms with Gasteiger partial charge in [0.15, 0.2) is 0 Å². The highest BCUT2D eigenvalue weighted by atomic mass is 32.2. The molecule has 35 heavy (non-hydrogen) atoms. The summed E-state index contributed by atoms with van der Waals surface area (Å²) in [4.78, 5) is 17.7. The van der Waals surface area contributed by atoms with E-state index in [4.69, 9.17) is 4.74 Å². The summed E-state index contributed by atoms with van der Waals surface area (Å²) < 4.78 is 33.6. The molecule has 2 saturated heterocycles. The third kappa shape index (κ3) is 6.12. The highest BCUT2D eigenvalue weighted by Gasteiger charge is 2.36. The maximum atomic E-state index is 13.4. The van der Waals surface area contributed by atoms with Crippen LogP contribution >= 0.6 is 0 Å². The van der Waals surface area contributed by atoms with Crippen LogP contribution in [0.4, 0.5) is 0 Å². The second-order valence-electron chi connectivity index (χ2n) is 9.30. The average molecular weight is 498 g/mol. The summed E-state index contributed by atoms with van der Waals surface area (Å²) in [6.07, 6.45) is 5.68. The summed E-state index contributed by atoms with van der Waals surface area (Å²) in [5.41, 5.74) is 2.03. The van der Waals surface area contributed by atoms with Crippen molar-refractivity contribution in [2.45, 2.75) is 24.7 Å². The highest BCUT2D eigenvalue weighted by Crippen LogP contribution is 2.31. The van der Waals surface area contributed by atoms with E-state index in [9.17, 15) is 13.2 Å². The van der Waals surface area contributed by atoms with E-state index in [1.54, 1.807) is 12.1 Å². The first-order valence-corrected chi connectivity index (χ1v) is 13.7. The van der Waals surface area contributed by atoms with Gasteiger partial charge >= 0.3 is 0 Å². The molecule has 1 amide bonds. The minimum absolute atomic E-state index is 0.0700. The summed E-state index contributed by atoms with van der Waals surface area (Å²) in [5.74, 6) is 0.0981. The zero-order chi connectivity index (χ0) is 24.8. The third-order valence-electron chi connectivity index (χ3n) is 6.83. The van der Waals surface area contributed by atoms with E-state index in [-0.39, 0.29) is 23.3 Å². The van der Waals surface area contributed by atoms with Crippen LogP contribution in [-0.2, 0) is 14.8 Å². The number of methoxy groups -OCH3 is 1. The molecule has 0 spiro atoms. The number of piperidine rings is 1. The number of nitrogens with zero attached hydrogens (tertiary/aromatic N) is 3. The lowest BCUT2D eigenvalue weighted by atomic mass is 9.98. The molecule has 2 aromatic carbocycles.